The number of benzene rings is 1. The number of nitrogens with two attached hydrogens (primary N) is 1. The molecule has 0 bridgehead atoms. The Bertz CT molecular complexity index is 592. The van der Waals surface area contributed by atoms with E-state index in [0.29, 0.717) is 0 Å². The number of anilines is 2. The maximum absolute atomic E-state index is 12.8. The van der Waals surface area contributed by atoms with Crippen molar-refractivity contribution in [2.75, 3.05) is 16.8 Å². The fraction of sp³-hybridized carbons (Fsp3) is 0.529. The van der Waals surface area contributed by atoms with E-state index in [9.17, 15) is 9.59 Å². The molecule has 5 heteroatoms. The lowest BCUT2D eigenvalue weighted by molar-refractivity contribution is -0.123. The number of fused-ring (bicyclic) bond motifs is 1. The van der Waals surface area contributed by atoms with Crippen LogP contribution in [-0.2, 0) is 16.0 Å². The number of amides is 2. The van der Waals surface area contributed by atoms with Gasteiger partial charge < -0.3 is 16.0 Å². The molecule has 118 valence electrons. The zero-order valence-corrected chi connectivity index (χ0v) is 13.0. The third-order valence-electron chi connectivity index (χ3n) is 4.69. The highest BCUT2D eigenvalue weighted by Crippen LogP contribution is 2.34. The van der Waals surface area contributed by atoms with Gasteiger partial charge in [-0.25, -0.2) is 0 Å². The second kappa shape index (κ2) is 6.08. The molecule has 2 amide bonds. The Hall–Kier alpha value is -1.88. The summed E-state index contributed by atoms with van der Waals surface area (Å²) in [6.07, 6.45) is 4.52. The first-order valence-electron chi connectivity index (χ1n) is 8.02. The van der Waals surface area contributed by atoms with E-state index in [0.717, 1.165) is 50.0 Å². The van der Waals surface area contributed by atoms with Crippen molar-refractivity contribution in [1.29, 1.82) is 0 Å². The van der Waals surface area contributed by atoms with Crippen LogP contribution in [-0.4, -0.2) is 24.4 Å². The number of carbonyl (C=O) groups excluding carboxylic acids is 2. The van der Waals surface area contributed by atoms with Crippen molar-refractivity contribution in [1.82, 2.24) is 0 Å². The molecule has 1 aromatic rings. The summed E-state index contributed by atoms with van der Waals surface area (Å²) < 4.78 is 0. The molecule has 2 aliphatic rings. The van der Waals surface area contributed by atoms with Crippen LogP contribution >= 0.6 is 0 Å². The summed E-state index contributed by atoms with van der Waals surface area (Å²) in [7, 11) is 0. The van der Waals surface area contributed by atoms with Crippen LogP contribution in [0.15, 0.2) is 18.2 Å². The molecule has 0 unspecified atom stereocenters. The summed E-state index contributed by atoms with van der Waals surface area (Å²) in [4.78, 5) is 25.9. The van der Waals surface area contributed by atoms with Crippen molar-refractivity contribution in [3.8, 4) is 0 Å². The second-order valence-corrected chi connectivity index (χ2v) is 6.38. The highest BCUT2D eigenvalue weighted by atomic mass is 16.2. The van der Waals surface area contributed by atoms with E-state index in [4.69, 9.17) is 5.73 Å². The first-order chi connectivity index (χ1) is 10.5. The van der Waals surface area contributed by atoms with Crippen molar-refractivity contribution in [2.24, 2.45) is 11.7 Å². The SMILES string of the molecule is CC(=O)Nc1ccc2c(c1)N(C(=O)[C@H]1CC[C@H](N)CC1)CC2. The molecule has 0 spiro atoms. The van der Waals surface area contributed by atoms with Gasteiger partial charge in [0, 0.05) is 36.8 Å². The first-order valence-corrected chi connectivity index (χ1v) is 8.02. The predicted molar refractivity (Wildman–Crippen MR) is 86.7 cm³/mol. The molecule has 0 atom stereocenters. The fourth-order valence-electron chi connectivity index (χ4n) is 3.48. The Morgan fingerprint density at radius 1 is 1.23 bits per heavy atom. The van der Waals surface area contributed by atoms with Gasteiger partial charge in [-0.05, 0) is 49.8 Å². The normalized spacial score (nSPS) is 24.0. The average molecular weight is 301 g/mol. The molecule has 1 aromatic carbocycles. The minimum atomic E-state index is -0.0999. The Balaban J connectivity index is 1.77. The lowest BCUT2D eigenvalue weighted by Gasteiger charge is -2.29. The zero-order valence-electron chi connectivity index (χ0n) is 13.0. The van der Waals surface area contributed by atoms with Gasteiger partial charge in [-0.2, -0.15) is 0 Å². The zero-order chi connectivity index (χ0) is 15.7. The van der Waals surface area contributed by atoms with Crippen LogP contribution in [0.1, 0.15) is 38.2 Å². The van der Waals surface area contributed by atoms with E-state index in [-0.39, 0.29) is 23.8 Å². The molecule has 1 aliphatic carbocycles. The maximum Gasteiger partial charge on any atom is 0.230 e. The van der Waals surface area contributed by atoms with Gasteiger partial charge in [0.2, 0.25) is 11.8 Å². The van der Waals surface area contributed by atoms with Crippen LogP contribution in [0, 0.1) is 5.92 Å². The van der Waals surface area contributed by atoms with Crippen molar-refractivity contribution in [2.45, 2.75) is 45.1 Å². The average Bonchev–Trinajstić information content (AvgIpc) is 2.90. The van der Waals surface area contributed by atoms with Crippen molar-refractivity contribution < 1.29 is 9.59 Å². The van der Waals surface area contributed by atoms with Crippen LogP contribution in [0.4, 0.5) is 11.4 Å². The molecule has 5 nitrogen and oxygen atoms in total. The summed E-state index contributed by atoms with van der Waals surface area (Å²) in [6.45, 7) is 2.22. The van der Waals surface area contributed by atoms with Gasteiger partial charge >= 0.3 is 0 Å². The van der Waals surface area contributed by atoms with E-state index in [1.54, 1.807) is 0 Å². The van der Waals surface area contributed by atoms with Gasteiger partial charge in [-0.15, -0.1) is 0 Å². The monoisotopic (exact) mass is 301 g/mol. The van der Waals surface area contributed by atoms with E-state index in [1.807, 2.05) is 23.1 Å². The highest BCUT2D eigenvalue weighted by Gasteiger charge is 2.32. The molecular weight excluding hydrogens is 278 g/mol. The first kappa shape index (κ1) is 15.0. The van der Waals surface area contributed by atoms with Gasteiger partial charge in [-0.3, -0.25) is 9.59 Å². The summed E-state index contributed by atoms with van der Waals surface area (Å²) >= 11 is 0. The van der Waals surface area contributed by atoms with Gasteiger partial charge in [-0.1, -0.05) is 6.07 Å². The number of nitrogens with one attached hydrogen (secondary N) is 1. The molecular formula is C17H23N3O2. The summed E-state index contributed by atoms with van der Waals surface area (Å²) in [5.41, 5.74) is 8.80. The van der Waals surface area contributed by atoms with Gasteiger partial charge in [0.1, 0.15) is 0 Å². The van der Waals surface area contributed by atoms with Crippen LogP contribution in [0.5, 0.6) is 0 Å². The Morgan fingerprint density at radius 2 is 1.95 bits per heavy atom. The third-order valence-corrected chi connectivity index (χ3v) is 4.69. The minimum Gasteiger partial charge on any atom is -0.328 e. The van der Waals surface area contributed by atoms with Crippen LogP contribution < -0.4 is 16.0 Å². The number of rotatable bonds is 2. The number of hydrogen-bond donors (Lipinski definition) is 2. The summed E-state index contributed by atoms with van der Waals surface area (Å²) in [6, 6.07) is 6.07. The number of hydrogen-bond acceptors (Lipinski definition) is 3. The van der Waals surface area contributed by atoms with E-state index in [2.05, 4.69) is 5.32 Å². The standard InChI is InChI=1S/C17H23N3O2/c1-11(21)19-15-7-4-12-8-9-20(16(12)10-15)17(22)13-2-5-14(18)6-3-13/h4,7,10,13-14H,2-3,5-6,8-9,18H2,1H3,(H,19,21)/t13-,14-. The molecule has 1 saturated carbocycles. The molecule has 1 heterocycles. The van der Waals surface area contributed by atoms with Crippen LogP contribution in [0.3, 0.4) is 0 Å². The van der Waals surface area contributed by atoms with E-state index >= 15 is 0 Å². The lowest BCUT2D eigenvalue weighted by atomic mass is 9.85. The Morgan fingerprint density at radius 3 is 2.64 bits per heavy atom. The Labute approximate surface area is 130 Å². The molecule has 0 radical (unpaired) electrons. The summed E-state index contributed by atoms with van der Waals surface area (Å²) in [5.74, 6) is 0.206. The smallest absolute Gasteiger partial charge is 0.230 e. The van der Waals surface area contributed by atoms with Crippen LogP contribution in [0.25, 0.3) is 0 Å². The Kier molecular flexibility index (Phi) is 4.16. The molecule has 0 saturated heterocycles. The quantitative estimate of drug-likeness (QED) is 0.878. The van der Waals surface area contributed by atoms with Crippen molar-refractivity contribution in [3.63, 3.8) is 0 Å². The third kappa shape index (κ3) is 2.99. The molecule has 3 rings (SSSR count). The van der Waals surface area contributed by atoms with E-state index < -0.39 is 0 Å². The topological polar surface area (TPSA) is 75.4 Å². The number of nitrogens with zero attached hydrogens (tertiary/aromatic N) is 1. The molecule has 1 fully saturated rings. The minimum absolute atomic E-state index is 0.0928. The fourth-order valence-corrected chi connectivity index (χ4v) is 3.48. The van der Waals surface area contributed by atoms with Gasteiger partial charge in [0.15, 0.2) is 0 Å². The van der Waals surface area contributed by atoms with Crippen LogP contribution in [0.2, 0.25) is 0 Å². The van der Waals surface area contributed by atoms with Crippen molar-refractivity contribution in [3.05, 3.63) is 23.8 Å². The maximum atomic E-state index is 12.8. The van der Waals surface area contributed by atoms with Crippen molar-refractivity contribution >= 4 is 23.2 Å². The molecule has 22 heavy (non-hydrogen) atoms. The lowest BCUT2D eigenvalue weighted by Crippen LogP contribution is -2.38. The molecule has 3 N–H and O–H groups in total. The predicted octanol–water partition coefficient (Wildman–Crippen LogP) is 2.05. The van der Waals surface area contributed by atoms with E-state index in [1.165, 1.54) is 12.5 Å². The largest absolute Gasteiger partial charge is 0.328 e. The second-order valence-electron chi connectivity index (χ2n) is 6.38. The van der Waals surface area contributed by atoms with Gasteiger partial charge in [0.25, 0.3) is 0 Å². The summed E-state index contributed by atoms with van der Waals surface area (Å²) in [5, 5.41) is 2.79. The van der Waals surface area contributed by atoms with Gasteiger partial charge in [0.05, 0.1) is 0 Å². The highest BCUT2D eigenvalue weighted by molar-refractivity contribution is 5.98. The number of carbonyl (C=O) groups is 2. The molecule has 1 aliphatic heterocycles. The molecule has 0 aromatic heterocycles.